The average molecular weight is 330 g/mol. The summed E-state index contributed by atoms with van der Waals surface area (Å²) < 4.78 is 0. The number of nitrogens with zero attached hydrogens (tertiary/aromatic N) is 2. The molecule has 1 N–H and O–H groups in total. The zero-order valence-electron chi connectivity index (χ0n) is 14.2. The minimum absolute atomic E-state index is 0.258. The highest BCUT2D eigenvalue weighted by Crippen LogP contribution is 2.26. The van der Waals surface area contributed by atoms with Gasteiger partial charge in [-0.1, -0.05) is 42.5 Å². The Bertz CT molecular complexity index is 894. The van der Waals surface area contributed by atoms with Crippen molar-refractivity contribution in [1.82, 2.24) is 4.90 Å². The summed E-state index contributed by atoms with van der Waals surface area (Å²) >= 11 is 0. The molecule has 1 aliphatic rings. The van der Waals surface area contributed by atoms with E-state index in [1.165, 1.54) is 31.5 Å². The molecule has 3 aromatic rings. The molecule has 3 nitrogen and oxygen atoms in total. The largest absolute Gasteiger partial charge is 0.507 e. The third-order valence-electron chi connectivity index (χ3n) is 4.83. The first-order valence-electron chi connectivity index (χ1n) is 8.86. The Morgan fingerprint density at radius 1 is 0.920 bits per heavy atom. The predicted molar refractivity (Wildman–Crippen MR) is 104 cm³/mol. The zero-order chi connectivity index (χ0) is 17.1. The molecule has 0 bridgehead atoms. The van der Waals surface area contributed by atoms with Crippen molar-refractivity contribution < 1.29 is 5.11 Å². The van der Waals surface area contributed by atoms with Gasteiger partial charge in [0.1, 0.15) is 5.75 Å². The second-order valence-electron chi connectivity index (χ2n) is 6.63. The van der Waals surface area contributed by atoms with Gasteiger partial charge in [0, 0.05) is 18.3 Å². The van der Waals surface area contributed by atoms with Gasteiger partial charge >= 0.3 is 0 Å². The third-order valence-corrected chi connectivity index (χ3v) is 4.83. The highest BCUT2D eigenvalue weighted by atomic mass is 16.3. The van der Waals surface area contributed by atoms with E-state index in [1.54, 1.807) is 12.3 Å². The van der Waals surface area contributed by atoms with E-state index in [1.807, 2.05) is 42.5 Å². The van der Waals surface area contributed by atoms with E-state index < -0.39 is 0 Å². The fraction of sp³-hybridized carbons (Fsp3) is 0.227. The quantitative estimate of drug-likeness (QED) is 0.691. The molecule has 1 saturated heterocycles. The lowest BCUT2D eigenvalue weighted by atomic mass is 10.0. The Labute approximate surface area is 148 Å². The molecular weight excluding hydrogens is 308 g/mol. The van der Waals surface area contributed by atoms with E-state index in [4.69, 9.17) is 0 Å². The van der Waals surface area contributed by atoms with E-state index in [0.29, 0.717) is 0 Å². The molecule has 1 fully saturated rings. The number of phenols is 1. The predicted octanol–water partition coefficient (Wildman–Crippen LogP) is 4.89. The van der Waals surface area contributed by atoms with Crippen LogP contribution in [0.1, 0.15) is 24.0 Å². The van der Waals surface area contributed by atoms with E-state index in [9.17, 15) is 5.11 Å². The second kappa shape index (κ2) is 7.08. The summed E-state index contributed by atoms with van der Waals surface area (Å²) in [5, 5.41) is 12.3. The number of hydrogen-bond acceptors (Lipinski definition) is 3. The van der Waals surface area contributed by atoms with Crippen molar-refractivity contribution in [2.45, 2.75) is 19.4 Å². The summed E-state index contributed by atoms with van der Waals surface area (Å²) in [7, 11) is 0. The van der Waals surface area contributed by atoms with E-state index >= 15 is 0 Å². The van der Waals surface area contributed by atoms with Crippen LogP contribution in [-0.4, -0.2) is 29.3 Å². The Morgan fingerprint density at radius 2 is 1.68 bits per heavy atom. The van der Waals surface area contributed by atoms with Crippen molar-refractivity contribution in [1.29, 1.82) is 0 Å². The van der Waals surface area contributed by atoms with Crippen molar-refractivity contribution >= 4 is 22.7 Å². The maximum absolute atomic E-state index is 10.2. The molecule has 1 heterocycles. The number of rotatable bonds is 4. The van der Waals surface area contributed by atoms with Crippen LogP contribution in [0.3, 0.4) is 0 Å². The Kier molecular flexibility index (Phi) is 4.49. The van der Waals surface area contributed by atoms with Crippen molar-refractivity contribution in [2.75, 3.05) is 13.1 Å². The van der Waals surface area contributed by atoms with Crippen molar-refractivity contribution in [3.05, 3.63) is 71.8 Å². The van der Waals surface area contributed by atoms with Gasteiger partial charge in [-0.15, -0.1) is 0 Å². The lowest BCUT2D eigenvalue weighted by molar-refractivity contribution is 0.331. The van der Waals surface area contributed by atoms with Crippen LogP contribution in [0, 0.1) is 0 Å². The Balaban J connectivity index is 1.55. The van der Waals surface area contributed by atoms with Crippen LogP contribution in [0.5, 0.6) is 5.75 Å². The first kappa shape index (κ1) is 15.9. The Morgan fingerprint density at radius 3 is 2.48 bits per heavy atom. The fourth-order valence-electron chi connectivity index (χ4n) is 3.45. The molecule has 1 aliphatic heterocycles. The number of fused-ring (bicyclic) bond motifs is 1. The number of aliphatic imine (C=N–C) groups is 1. The molecule has 0 aromatic heterocycles. The maximum atomic E-state index is 10.2. The maximum Gasteiger partial charge on any atom is 0.124 e. The van der Waals surface area contributed by atoms with Crippen LogP contribution in [-0.2, 0) is 6.54 Å². The van der Waals surface area contributed by atoms with Crippen LogP contribution in [0.15, 0.2) is 65.7 Å². The van der Waals surface area contributed by atoms with Gasteiger partial charge in [-0.05, 0) is 60.5 Å². The molecule has 3 aromatic carbocycles. The molecule has 0 saturated carbocycles. The highest BCUT2D eigenvalue weighted by molar-refractivity contribution is 6.02. The summed E-state index contributed by atoms with van der Waals surface area (Å²) in [4.78, 5) is 7.05. The minimum atomic E-state index is 0.258. The summed E-state index contributed by atoms with van der Waals surface area (Å²) in [5.74, 6) is 0.258. The van der Waals surface area contributed by atoms with Crippen molar-refractivity contribution in [3.63, 3.8) is 0 Å². The van der Waals surface area contributed by atoms with Crippen LogP contribution >= 0.6 is 0 Å². The molecular formula is C22H22N2O. The van der Waals surface area contributed by atoms with Crippen LogP contribution in [0.25, 0.3) is 10.8 Å². The lowest BCUT2D eigenvalue weighted by Gasteiger charge is -2.14. The average Bonchev–Trinajstić information content (AvgIpc) is 3.15. The fourth-order valence-corrected chi connectivity index (χ4v) is 3.45. The third kappa shape index (κ3) is 3.57. The first-order valence-corrected chi connectivity index (χ1v) is 8.86. The molecule has 4 rings (SSSR count). The van der Waals surface area contributed by atoms with Gasteiger partial charge in [-0.2, -0.15) is 0 Å². The van der Waals surface area contributed by atoms with Crippen LogP contribution < -0.4 is 0 Å². The summed E-state index contributed by atoms with van der Waals surface area (Å²) in [6, 6.07) is 20.1. The standard InChI is InChI=1S/C22H22N2O/c25-22-12-9-18-5-1-2-6-20(18)21(22)15-23-19-10-7-17(8-11-19)16-24-13-3-4-14-24/h1-2,5-12,15,25H,3-4,13-14,16H2. The molecule has 0 amide bonds. The lowest BCUT2D eigenvalue weighted by Crippen LogP contribution is -2.18. The molecule has 0 radical (unpaired) electrons. The van der Waals surface area contributed by atoms with Gasteiger partial charge in [0.25, 0.3) is 0 Å². The van der Waals surface area contributed by atoms with Crippen molar-refractivity contribution in [2.24, 2.45) is 4.99 Å². The summed E-state index contributed by atoms with van der Waals surface area (Å²) in [5.41, 5.74) is 2.99. The van der Waals surface area contributed by atoms with Gasteiger partial charge in [-0.25, -0.2) is 0 Å². The van der Waals surface area contributed by atoms with E-state index in [-0.39, 0.29) is 5.75 Å². The van der Waals surface area contributed by atoms with E-state index in [2.05, 4.69) is 22.0 Å². The van der Waals surface area contributed by atoms with E-state index in [0.717, 1.165) is 28.6 Å². The number of phenolic OH excluding ortho intramolecular Hbond substituents is 1. The minimum Gasteiger partial charge on any atom is -0.507 e. The molecule has 3 heteroatoms. The topological polar surface area (TPSA) is 35.8 Å². The molecule has 0 spiro atoms. The number of hydrogen-bond donors (Lipinski definition) is 1. The highest BCUT2D eigenvalue weighted by Gasteiger charge is 2.11. The second-order valence-corrected chi connectivity index (χ2v) is 6.63. The normalized spacial score (nSPS) is 15.4. The van der Waals surface area contributed by atoms with Gasteiger partial charge in [0.05, 0.1) is 5.69 Å². The van der Waals surface area contributed by atoms with Gasteiger partial charge in [0.15, 0.2) is 0 Å². The molecule has 126 valence electrons. The number of aromatic hydroxyl groups is 1. The summed E-state index contributed by atoms with van der Waals surface area (Å²) in [6.07, 6.45) is 4.39. The van der Waals surface area contributed by atoms with Crippen LogP contribution in [0.2, 0.25) is 0 Å². The Hall–Kier alpha value is -2.65. The SMILES string of the molecule is Oc1ccc2ccccc2c1C=Nc1ccc(CN2CCCC2)cc1. The number of benzene rings is 3. The van der Waals surface area contributed by atoms with Crippen LogP contribution in [0.4, 0.5) is 5.69 Å². The zero-order valence-corrected chi connectivity index (χ0v) is 14.2. The van der Waals surface area contributed by atoms with Gasteiger partial charge < -0.3 is 5.11 Å². The summed E-state index contributed by atoms with van der Waals surface area (Å²) in [6.45, 7) is 3.44. The van der Waals surface area contributed by atoms with Gasteiger partial charge in [0.2, 0.25) is 0 Å². The first-order chi connectivity index (χ1) is 12.3. The smallest absolute Gasteiger partial charge is 0.124 e. The number of likely N-dealkylation sites (tertiary alicyclic amines) is 1. The van der Waals surface area contributed by atoms with Gasteiger partial charge in [-0.3, -0.25) is 9.89 Å². The van der Waals surface area contributed by atoms with Crippen molar-refractivity contribution in [3.8, 4) is 5.75 Å². The molecule has 0 unspecified atom stereocenters. The molecule has 25 heavy (non-hydrogen) atoms. The monoisotopic (exact) mass is 330 g/mol. The molecule has 0 aliphatic carbocycles. The molecule has 0 atom stereocenters.